The van der Waals surface area contributed by atoms with Crippen LogP contribution in [-0.4, -0.2) is 8.07 Å². The third-order valence-corrected chi connectivity index (χ3v) is 3.38. The van der Waals surface area contributed by atoms with Crippen LogP contribution in [0.5, 0.6) is 0 Å². The average Bonchev–Trinajstić information content (AvgIpc) is 2.17. The minimum absolute atomic E-state index is 0.941. The topological polar surface area (TPSA) is 0 Å². The van der Waals surface area contributed by atoms with Gasteiger partial charge in [0.25, 0.3) is 0 Å². The fourth-order valence-electron chi connectivity index (χ4n) is 1.12. The van der Waals surface area contributed by atoms with Gasteiger partial charge < -0.3 is 0 Å². The molecule has 1 aromatic carbocycles. The second-order valence-electron chi connectivity index (χ2n) is 4.80. The van der Waals surface area contributed by atoms with Gasteiger partial charge in [-0.05, 0) is 24.3 Å². The Bertz CT molecular complexity index is 371. The molecule has 0 saturated heterocycles. The lowest BCUT2D eigenvalue weighted by Gasteiger charge is -2.10. The van der Waals surface area contributed by atoms with Gasteiger partial charge in [0.15, 0.2) is 0 Å². The van der Waals surface area contributed by atoms with E-state index in [1.807, 2.05) is 36.4 Å². The quantitative estimate of drug-likeness (QED) is 0.517. The van der Waals surface area contributed by atoms with E-state index in [0.717, 1.165) is 5.56 Å². The number of allylic oxidation sites excluding steroid dienone is 2. The van der Waals surface area contributed by atoms with Gasteiger partial charge in [-0.2, -0.15) is 0 Å². The molecular weight excluding hydrogens is 196 g/mol. The van der Waals surface area contributed by atoms with Gasteiger partial charge in [-0.1, -0.05) is 55.8 Å². The molecule has 0 aliphatic carbocycles. The van der Waals surface area contributed by atoms with Gasteiger partial charge in [-0.25, -0.2) is 0 Å². The van der Waals surface area contributed by atoms with Crippen LogP contribution >= 0.6 is 0 Å². The molecule has 1 heteroatoms. The Morgan fingerprint density at radius 1 is 1.13 bits per heavy atom. The van der Waals surface area contributed by atoms with Crippen molar-refractivity contribution in [1.29, 1.82) is 0 Å². The Labute approximate surface area is 94.0 Å². The zero-order chi connectivity index (χ0) is 11.1. The van der Waals surface area contributed by atoms with Crippen molar-refractivity contribution in [2.45, 2.75) is 25.7 Å². The fraction of sp³-hybridized carbons (Fsp3) is 0.286. The highest BCUT2D eigenvalue weighted by molar-refractivity contribution is 6.76. The van der Waals surface area contributed by atoms with Crippen molar-refractivity contribution < 1.29 is 0 Å². The van der Waals surface area contributed by atoms with E-state index in [4.69, 9.17) is 0 Å². The molecule has 0 aromatic heterocycles. The second kappa shape index (κ2) is 5.58. The van der Waals surface area contributed by atoms with Crippen molar-refractivity contribution in [2.75, 3.05) is 0 Å². The molecule has 0 saturated carbocycles. The summed E-state index contributed by atoms with van der Waals surface area (Å²) < 4.78 is 0. The molecule has 0 N–H and O–H groups in total. The van der Waals surface area contributed by atoms with Crippen LogP contribution in [-0.2, 0) is 0 Å². The lowest BCUT2D eigenvalue weighted by molar-refractivity contribution is 1.51. The summed E-state index contributed by atoms with van der Waals surface area (Å²) in [5.74, 6) is 6.18. The molecule has 15 heavy (non-hydrogen) atoms. The van der Waals surface area contributed by atoms with Crippen LogP contribution in [0.3, 0.4) is 0 Å². The molecule has 78 valence electrons. The van der Waals surface area contributed by atoms with E-state index in [-0.39, 0.29) is 0 Å². The largest absolute Gasteiger partial charge is 0.0788 e. The van der Waals surface area contributed by atoms with E-state index in [9.17, 15) is 0 Å². The van der Waals surface area contributed by atoms with Gasteiger partial charge >= 0.3 is 0 Å². The molecule has 0 heterocycles. The summed E-state index contributed by atoms with van der Waals surface area (Å²) in [5, 5.41) is 0. The minimum atomic E-state index is -0.941. The summed E-state index contributed by atoms with van der Waals surface area (Å²) in [6.07, 6.45) is 4.17. The molecule has 0 amide bonds. The first-order valence-corrected chi connectivity index (χ1v) is 9.00. The highest BCUT2D eigenvalue weighted by Gasteiger charge is 2.08. The Balaban J connectivity index is 2.47. The van der Waals surface area contributed by atoms with Crippen molar-refractivity contribution in [2.24, 2.45) is 0 Å². The Morgan fingerprint density at radius 2 is 1.80 bits per heavy atom. The number of benzene rings is 1. The highest BCUT2D eigenvalue weighted by atomic mass is 28.3. The van der Waals surface area contributed by atoms with Gasteiger partial charge in [0.1, 0.15) is 0 Å². The molecule has 1 rings (SSSR count). The summed E-state index contributed by atoms with van der Waals surface area (Å²) in [6, 6.07) is 11.3. The van der Waals surface area contributed by atoms with Crippen molar-refractivity contribution in [3.63, 3.8) is 0 Å². The fourth-order valence-corrected chi connectivity index (χ4v) is 1.94. The van der Waals surface area contributed by atoms with Crippen LogP contribution < -0.4 is 0 Å². The number of hydrogen-bond acceptors (Lipinski definition) is 0. The van der Waals surface area contributed by atoms with Crippen molar-refractivity contribution in [3.8, 4) is 11.8 Å². The monoisotopic (exact) mass is 214 g/mol. The predicted molar refractivity (Wildman–Crippen MR) is 70.6 cm³/mol. The summed E-state index contributed by atoms with van der Waals surface area (Å²) >= 11 is 0. The maximum absolute atomic E-state index is 3.11. The highest BCUT2D eigenvalue weighted by Crippen LogP contribution is 2.07. The number of hydrogen-bond donors (Lipinski definition) is 0. The molecule has 0 unspecified atom stereocenters. The van der Waals surface area contributed by atoms with Crippen molar-refractivity contribution in [3.05, 3.63) is 48.0 Å². The molecular formula is C14H18Si. The van der Waals surface area contributed by atoms with Gasteiger partial charge in [-0.3, -0.25) is 0 Å². The molecule has 1 aromatic rings. The van der Waals surface area contributed by atoms with E-state index >= 15 is 0 Å². The molecule has 0 spiro atoms. The molecule has 0 atom stereocenters. The van der Waals surface area contributed by atoms with E-state index in [1.54, 1.807) is 0 Å². The number of rotatable bonds is 2. The standard InChI is InChI=1S/C14H18Si/c1-15(2,3)13-9-5-8-12-14-10-6-4-7-11-14/h4-7,9-11H,13H2,1-3H3/b9-5+. The molecule has 0 aliphatic heterocycles. The summed E-state index contributed by atoms with van der Waals surface area (Å²) in [5.41, 5.74) is 1.08. The first-order chi connectivity index (χ1) is 7.08. The maximum atomic E-state index is 3.11. The van der Waals surface area contributed by atoms with Crippen molar-refractivity contribution >= 4 is 8.07 Å². The molecule has 0 bridgehead atoms. The third kappa shape index (κ3) is 5.93. The molecule has 0 aliphatic rings. The van der Waals surface area contributed by atoms with Gasteiger partial charge in [0, 0.05) is 13.6 Å². The molecule has 0 nitrogen and oxygen atoms in total. The zero-order valence-corrected chi connectivity index (χ0v) is 10.7. The lowest BCUT2D eigenvalue weighted by Crippen LogP contribution is -2.17. The van der Waals surface area contributed by atoms with Crippen LogP contribution in [0, 0.1) is 11.8 Å². The summed E-state index contributed by atoms with van der Waals surface area (Å²) in [6.45, 7) is 7.09. The van der Waals surface area contributed by atoms with E-state index < -0.39 is 8.07 Å². The van der Waals surface area contributed by atoms with E-state index in [1.165, 1.54) is 6.04 Å². The Morgan fingerprint density at radius 3 is 2.40 bits per heavy atom. The van der Waals surface area contributed by atoms with Crippen LogP contribution in [0.2, 0.25) is 25.7 Å². The maximum Gasteiger partial charge on any atom is 0.0480 e. The van der Waals surface area contributed by atoms with Gasteiger partial charge in [0.05, 0.1) is 0 Å². The summed E-state index contributed by atoms with van der Waals surface area (Å²) in [4.78, 5) is 0. The Hall–Kier alpha value is -1.26. The van der Waals surface area contributed by atoms with E-state index in [2.05, 4.69) is 37.6 Å². The zero-order valence-electron chi connectivity index (χ0n) is 9.75. The van der Waals surface area contributed by atoms with Crippen molar-refractivity contribution in [1.82, 2.24) is 0 Å². The first-order valence-electron chi connectivity index (χ1n) is 5.29. The normalized spacial score (nSPS) is 11.1. The minimum Gasteiger partial charge on any atom is -0.0788 e. The lowest BCUT2D eigenvalue weighted by atomic mass is 10.2. The molecule has 0 fully saturated rings. The Kier molecular flexibility index (Phi) is 4.39. The SMILES string of the molecule is C[Si](C)(C)C/C=C/C#Cc1ccccc1. The summed E-state index contributed by atoms with van der Waals surface area (Å²) in [7, 11) is -0.941. The van der Waals surface area contributed by atoms with Crippen LogP contribution in [0.15, 0.2) is 42.5 Å². The van der Waals surface area contributed by atoms with Gasteiger partial charge in [-0.15, -0.1) is 0 Å². The van der Waals surface area contributed by atoms with Crippen LogP contribution in [0.25, 0.3) is 0 Å². The predicted octanol–water partition coefficient (Wildman–Crippen LogP) is 3.93. The van der Waals surface area contributed by atoms with E-state index in [0.29, 0.717) is 0 Å². The average molecular weight is 214 g/mol. The third-order valence-electron chi connectivity index (χ3n) is 1.92. The van der Waals surface area contributed by atoms with Gasteiger partial charge in [0.2, 0.25) is 0 Å². The molecule has 0 radical (unpaired) electrons. The van der Waals surface area contributed by atoms with Crippen LogP contribution in [0.1, 0.15) is 5.56 Å². The first kappa shape index (κ1) is 11.8. The van der Waals surface area contributed by atoms with Crippen LogP contribution in [0.4, 0.5) is 0 Å². The second-order valence-corrected chi connectivity index (χ2v) is 10.3. The smallest absolute Gasteiger partial charge is 0.0480 e.